The van der Waals surface area contributed by atoms with Crippen molar-refractivity contribution in [3.8, 4) is 11.5 Å². The van der Waals surface area contributed by atoms with Gasteiger partial charge in [0, 0.05) is 11.5 Å². The highest BCUT2D eigenvalue weighted by atomic mass is 35.5. The Morgan fingerprint density at radius 2 is 1.97 bits per heavy atom. The van der Waals surface area contributed by atoms with Crippen molar-refractivity contribution in [3.63, 3.8) is 0 Å². The molecule has 0 spiro atoms. The van der Waals surface area contributed by atoms with E-state index in [0.29, 0.717) is 24.0 Å². The quantitative estimate of drug-likeness (QED) is 0.509. The van der Waals surface area contributed by atoms with E-state index in [1.54, 1.807) is 20.8 Å². The van der Waals surface area contributed by atoms with Crippen molar-refractivity contribution in [1.29, 1.82) is 0 Å². The van der Waals surface area contributed by atoms with Crippen LogP contribution < -0.4 is 10.1 Å². The van der Waals surface area contributed by atoms with E-state index in [-0.39, 0.29) is 29.1 Å². The van der Waals surface area contributed by atoms with Gasteiger partial charge in [0.1, 0.15) is 34.7 Å². The van der Waals surface area contributed by atoms with Gasteiger partial charge in [-0.25, -0.2) is 23.5 Å². The number of carbonyl (C=O) groups is 1. The van der Waals surface area contributed by atoms with Gasteiger partial charge in [0.25, 0.3) is 0 Å². The molecule has 1 aliphatic heterocycles. The zero-order valence-corrected chi connectivity index (χ0v) is 18.8. The largest absolute Gasteiger partial charge is 0.504 e. The van der Waals surface area contributed by atoms with Gasteiger partial charge in [0.05, 0.1) is 24.3 Å². The van der Waals surface area contributed by atoms with E-state index in [0.717, 1.165) is 6.07 Å². The number of hydrogen-bond donors (Lipinski definition) is 2. The molecular weight excluding hydrogens is 458 g/mol. The Morgan fingerprint density at radius 3 is 2.67 bits per heavy atom. The van der Waals surface area contributed by atoms with Gasteiger partial charge in [-0.05, 0) is 39.0 Å². The van der Waals surface area contributed by atoms with Crippen LogP contribution in [0.2, 0.25) is 5.02 Å². The van der Waals surface area contributed by atoms with E-state index in [9.17, 15) is 18.7 Å². The number of hydrogen-bond acceptors (Lipinski definition) is 7. The van der Waals surface area contributed by atoms with Crippen LogP contribution in [0.3, 0.4) is 0 Å². The number of fused-ring (bicyclic) bond motifs is 1. The van der Waals surface area contributed by atoms with E-state index in [2.05, 4.69) is 15.3 Å². The van der Waals surface area contributed by atoms with Gasteiger partial charge >= 0.3 is 6.09 Å². The molecule has 8 nitrogen and oxygen atoms in total. The number of nitrogens with zero attached hydrogens (tertiary/aromatic N) is 3. The molecule has 1 aromatic heterocycles. The molecule has 11 heteroatoms. The predicted molar refractivity (Wildman–Crippen MR) is 118 cm³/mol. The first kappa shape index (κ1) is 22.8. The average Bonchev–Trinajstić information content (AvgIpc) is 2.69. The number of phenolic OH excluding ortho intramolecular Hbond substituents is 1. The van der Waals surface area contributed by atoms with E-state index < -0.39 is 28.4 Å². The Balaban J connectivity index is 1.54. The van der Waals surface area contributed by atoms with Crippen LogP contribution in [-0.2, 0) is 4.74 Å². The molecule has 33 heavy (non-hydrogen) atoms. The van der Waals surface area contributed by atoms with Gasteiger partial charge in [0.15, 0.2) is 17.3 Å². The average molecular weight is 479 g/mol. The standard InChI is InChI=1S/C22H21ClF2N4O4/c1-22(2,3)33-21(31)29-8-11(9-29)32-17-6-12-15(7-16(17)30)26-10-27-20(12)28-14-5-4-13(24)18(23)19(14)25/h4-7,10-11,30H,8-9H2,1-3H3,(H,26,27,28). The fourth-order valence-corrected chi connectivity index (χ4v) is 3.35. The first-order valence-corrected chi connectivity index (χ1v) is 10.4. The van der Waals surface area contributed by atoms with Crippen LogP contribution in [-0.4, -0.2) is 50.9 Å². The van der Waals surface area contributed by atoms with E-state index in [1.807, 2.05) is 0 Å². The molecule has 1 saturated heterocycles. The number of aromatic hydroxyl groups is 1. The lowest BCUT2D eigenvalue weighted by molar-refractivity contribution is -0.0225. The number of nitrogens with one attached hydrogen (secondary N) is 1. The molecule has 0 atom stereocenters. The first-order valence-electron chi connectivity index (χ1n) is 10.0. The SMILES string of the molecule is CC(C)(C)OC(=O)N1CC(Oc2cc3c(Nc4ccc(F)c(Cl)c4F)ncnc3cc2O)C1. The van der Waals surface area contributed by atoms with Crippen molar-refractivity contribution >= 4 is 40.1 Å². The Bertz CT molecular complexity index is 1230. The number of anilines is 2. The molecule has 0 unspecified atom stereocenters. The van der Waals surface area contributed by atoms with Gasteiger partial charge in [0.2, 0.25) is 0 Å². The molecule has 0 bridgehead atoms. The molecular formula is C22H21ClF2N4O4. The van der Waals surface area contributed by atoms with Gasteiger partial charge < -0.3 is 24.8 Å². The summed E-state index contributed by atoms with van der Waals surface area (Å²) < 4.78 is 39.0. The Labute approximate surface area is 193 Å². The van der Waals surface area contributed by atoms with Crippen LogP contribution in [0.15, 0.2) is 30.6 Å². The summed E-state index contributed by atoms with van der Waals surface area (Å²) in [6, 6.07) is 5.12. The topological polar surface area (TPSA) is 96.8 Å². The number of carbonyl (C=O) groups excluding carboxylic acids is 1. The van der Waals surface area contributed by atoms with Crippen molar-refractivity contribution < 1.29 is 28.2 Å². The normalized spacial score (nSPS) is 14.2. The minimum absolute atomic E-state index is 0.0797. The number of phenols is 1. The third-order valence-electron chi connectivity index (χ3n) is 4.80. The summed E-state index contributed by atoms with van der Waals surface area (Å²) in [5.74, 6) is -1.65. The third-order valence-corrected chi connectivity index (χ3v) is 5.14. The van der Waals surface area contributed by atoms with Crippen LogP contribution in [0.25, 0.3) is 10.9 Å². The predicted octanol–water partition coefficient (Wildman–Crippen LogP) is 5.01. The van der Waals surface area contributed by atoms with Crippen LogP contribution >= 0.6 is 11.6 Å². The molecule has 2 heterocycles. The van der Waals surface area contributed by atoms with Crippen LogP contribution in [0.5, 0.6) is 11.5 Å². The highest BCUT2D eigenvalue weighted by Gasteiger charge is 2.35. The van der Waals surface area contributed by atoms with Gasteiger partial charge in [-0.3, -0.25) is 0 Å². The minimum Gasteiger partial charge on any atom is -0.504 e. The summed E-state index contributed by atoms with van der Waals surface area (Å²) >= 11 is 5.65. The monoisotopic (exact) mass is 478 g/mol. The molecule has 0 saturated carbocycles. The zero-order chi connectivity index (χ0) is 23.9. The molecule has 1 fully saturated rings. The van der Waals surface area contributed by atoms with Crippen LogP contribution in [0.4, 0.5) is 25.1 Å². The second kappa shape index (κ2) is 8.51. The maximum absolute atomic E-state index is 14.3. The second-order valence-corrected chi connectivity index (χ2v) is 8.91. The molecule has 1 amide bonds. The summed E-state index contributed by atoms with van der Waals surface area (Å²) in [6.07, 6.45) is 0.443. The molecule has 3 aromatic rings. The lowest BCUT2D eigenvalue weighted by Crippen LogP contribution is -2.57. The summed E-state index contributed by atoms with van der Waals surface area (Å²) in [5.41, 5.74) is -0.309. The van der Waals surface area contributed by atoms with Gasteiger partial charge in [-0.15, -0.1) is 0 Å². The molecule has 1 aliphatic rings. The molecule has 174 valence electrons. The number of likely N-dealkylation sites (tertiary alicyclic amines) is 1. The maximum atomic E-state index is 14.3. The highest BCUT2D eigenvalue weighted by Crippen LogP contribution is 2.36. The Morgan fingerprint density at radius 1 is 1.24 bits per heavy atom. The van der Waals surface area contributed by atoms with Crippen LogP contribution in [0, 0.1) is 11.6 Å². The third kappa shape index (κ3) is 4.85. The minimum atomic E-state index is -0.963. The number of rotatable bonds is 4. The van der Waals surface area contributed by atoms with Gasteiger partial charge in [-0.1, -0.05) is 11.6 Å². The summed E-state index contributed by atoms with van der Waals surface area (Å²) in [6.45, 7) is 5.94. The second-order valence-electron chi connectivity index (χ2n) is 8.53. The summed E-state index contributed by atoms with van der Waals surface area (Å²) in [7, 11) is 0. The van der Waals surface area contributed by atoms with E-state index >= 15 is 0 Å². The van der Waals surface area contributed by atoms with Gasteiger partial charge in [-0.2, -0.15) is 0 Å². The zero-order valence-electron chi connectivity index (χ0n) is 18.0. The fourth-order valence-electron chi connectivity index (χ4n) is 3.18. The molecule has 2 aromatic carbocycles. The van der Waals surface area contributed by atoms with E-state index in [1.165, 1.54) is 29.4 Å². The number of aromatic nitrogens is 2. The number of amides is 1. The number of ether oxygens (including phenoxy) is 2. The van der Waals surface area contributed by atoms with E-state index in [4.69, 9.17) is 21.1 Å². The van der Waals surface area contributed by atoms with Crippen molar-refractivity contribution in [1.82, 2.24) is 14.9 Å². The lowest BCUT2D eigenvalue weighted by Gasteiger charge is -2.39. The summed E-state index contributed by atoms with van der Waals surface area (Å²) in [4.78, 5) is 21.8. The summed E-state index contributed by atoms with van der Waals surface area (Å²) in [5, 5.41) is 12.9. The Hall–Kier alpha value is -3.40. The Kier molecular flexibility index (Phi) is 5.87. The molecule has 0 radical (unpaired) electrons. The maximum Gasteiger partial charge on any atom is 0.410 e. The smallest absolute Gasteiger partial charge is 0.410 e. The molecule has 4 rings (SSSR count). The van der Waals surface area contributed by atoms with Crippen LogP contribution in [0.1, 0.15) is 20.8 Å². The number of benzene rings is 2. The van der Waals surface area contributed by atoms with Crippen molar-refractivity contribution in [2.45, 2.75) is 32.5 Å². The van der Waals surface area contributed by atoms with Crippen molar-refractivity contribution in [3.05, 3.63) is 47.2 Å². The fraction of sp³-hybridized carbons (Fsp3) is 0.318. The first-order chi connectivity index (χ1) is 15.5. The molecule has 2 N–H and O–H groups in total. The highest BCUT2D eigenvalue weighted by molar-refractivity contribution is 6.31. The lowest BCUT2D eigenvalue weighted by atomic mass is 10.1. The molecule has 0 aliphatic carbocycles. The number of halogens is 3. The van der Waals surface area contributed by atoms with Crippen molar-refractivity contribution in [2.24, 2.45) is 0 Å². The van der Waals surface area contributed by atoms with Crippen molar-refractivity contribution in [2.75, 3.05) is 18.4 Å².